The van der Waals surface area contributed by atoms with Gasteiger partial charge in [0.15, 0.2) is 24.9 Å². The number of nitrogens with one attached hydrogen (secondary N) is 3. The van der Waals surface area contributed by atoms with E-state index in [1.807, 2.05) is 18.0 Å². The molecule has 14 N–H and O–H groups in total. The summed E-state index contributed by atoms with van der Waals surface area (Å²) in [6.07, 6.45) is -19.2. The smallest absolute Gasteiger partial charge is 0.475 e. The molecule has 4 rings (SSSR count). The molecule has 28 heteroatoms. The number of aromatic amines is 1. The molecule has 410 valence electrons. The fourth-order valence-electron chi connectivity index (χ4n) is 8.31. The quantitative estimate of drug-likeness (QED) is 0.0181. The summed E-state index contributed by atoms with van der Waals surface area (Å²) in [7, 11) is -5.98. The number of phosphoric acid groups is 1. The molecule has 0 spiro atoms. The van der Waals surface area contributed by atoms with Crippen LogP contribution in [0.3, 0.4) is 0 Å². The summed E-state index contributed by atoms with van der Waals surface area (Å²) >= 11 is 0. The number of aromatic nitrogens is 2. The van der Waals surface area contributed by atoms with Crippen molar-refractivity contribution in [3.8, 4) is 0 Å². The number of aliphatic carboxylic acids is 1. The number of aliphatic hydroxyl groups is 9. The van der Waals surface area contributed by atoms with Crippen molar-refractivity contribution in [2.75, 3.05) is 19.8 Å². The Balaban J connectivity index is 1.49. The van der Waals surface area contributed by atoms with Gasteiger partial charge in [-0.2, -0.15) is 0 Å². The summed E-state index contributed by atoms with van der Waals surface area (Å²) in [6.45, 7) is 5.27. The minimum absolute atomic E-state index is 0.581. The van der Waals surface area contributed by atoms with Gasteiger partial charge in [-0.3, -0.25) is 33.0 Å². The monoisotopic (exact) mass is 1050 g/mol. The lowest BCUT2D eigenvalue weighted by Gasteiger charge is -2.43. The summed E-state index contributed by atoms with van der Waals surface area (Å²) in [6, 6.07) is -1.12. The van der Waals surface area contributed by atoms with Crippen LogP contribution in [-0.2, 0) is 46.9 Å². The molecule has 0 aliphatic carbocycles. The first kappa shape index (κ1) is 60.7. The summed E-state index contributed by atoms with van der Waals surface area (Å²) in [5.74, 6) is -3.18. The third-order valence-corrected chi connectivity index (χ3v) is 13.5. The Kier molecular flexibility index (Phi) is 23.8. The molecule has 1 aromatic heterocycles. The van der Waals surface area contributed by atoms with Crippen molar-refractivity contribution >= 4 is 25.6 Å². The number of H-pyrrole nitrogens is 1. The van der Waals surface area contributed by atoms with E-state index in [2.05, 4.69) is 24.5 Å². The van der Waals surface area contributed by atoms with Crippen molar-refractivity contribution in [1.82, 2.24) is 20.2 Å². The fraction of sp³-hybridized carbons (Fsp3) is 0.750. The van der Waals surface area contributed by atoms with Crippen LogP contribution < -0.4 is 21.9 Å². The average Bonchev–Trinajstić information content (AvgIpc) is 3.59. The first-order valence-electron chi connectivity index (χ1n) is 23.7. The van der Waals surface area contributed by atoms with Gasteiger partial charge in [0.2, 0.25) is 11.8 Å². The molecule has 1 aromatic rings. The van der Waals surface area contributed by atoms with Gasteiger partial charge in [0, 0.05) is 24.8 Å². The fourth-order valence-corrected chi connectivity index (χ4v) is 9.31. The highest BCUT2D eigenvalue weighted by molar-refractivity contribution is 7.47. The lowest BCUT2D eigenvalue weighted by molar-refractivity contribution is -0.318. The molecule has 0 radical (unpaired) electrons. The van der Waals surface area contributed by atoms with E-state index in [-0.39, 0.29) is 0 Å². The summed E-state index contributed by atoms with van der Waals surface area (Å²) in [4.78, 5) is 76.0. The number of phosphoric ester groups is 1. The SMILES string of the molecule is CCC(C)CCCCCCC/C(C)=C/C(C)=C/C(=O)NCC(=O)N[C@H]1[C@H](OP(=O)(O)OC(C(=O)O)C(C[C@H]2O[C@@H](n3ccc(=O)[nH]c3=O)[C@H](O)[C@@H]2O)O[C@@H]2O[C@H](CO)[C@@H](O)[C@H](O)[C@H]2O)O[C@H](CO)[C@@H](O)[C@@H]1O. The predicted molar refractivity (Wildman–Crippen MR) is 246 cm³/mol. The van der Waals surface area contributed by atoms with Crippen molar-refractivity contribution in [2.45, 2.75) is 184 Å². The molecule has 4 heterocycles. The minimum atomic E-state index is -5.98. The standard InChI is InChI=1S/C44H71N4O23P/c1-5-21(2)11-9-7-6-8-10-12-22(3)15-23(4)16-29(52)45-18-30(53)46-31-35(57)33(55)26(19-49)68-42(31)71-72(64,65)70-39(41(61)62)25(67-43-38(60)36(58)34(56)27(20-50)69-43)17-24-32(54)37(59)40(66-24)48-14-13-28(51)47-44(48)63/h13-16,21,24-27,31-40,42-43,49-50,54-60H,5-12,17-20H2,1-4H3,(H,45,52)(H,46,53)(H,61,62)(H,64,65)(H,47,51,63)/b22-15+,23-16+/t21?,24-,25?,26-,27-,31-,32-,33-,34-,35-,36+,37-,38-,39?,40-,42+,43-/m1/s1. The van der Waals surface area contributed by atoms with Crippen molar-refractivity contribution in [1.29, 1.82) is 0 Å². The van der Waals surface area contributed by atoms with Crippen molar-refractivity contribution < 1.29 is 103 Å². The largest absolute Gasteiger partial charge is 0.479 e. The molecule has 0 aromatic carbocycles. The van der Waals surface area contributed by atoms with Crippen LogP contribution in [0.1, 0.15) is 91.7 Å². The second kappa shape index (κ2) is 28.2. The van der Waals surface area contributed by atoms with E-state index < -0.39 is 161 Å². The van der Waals surface area contributed by atoms with Gasteiger partial charge in [-0.25, -0.2) is 14.2 Å². The predicted octanol–water partition coefficient (Wildman–Crippen LogP) is -2.97. The van der Waals surface area contributed by atoms with Crippen LogP contribution in [0, 0.1) is 5.92 Å². The second-order valence-corrected chi connectivity index (χ2v) is 19.7. The molecule has 72 heavy (non-hydrogen) atoms. The maximum Gasteiger partial charge on any atom is 0.475 e. The van der Waals surface area contributed by atoms with E-state index in [0.717, 1.165) is 49.4 Å². The molecule has 2 amide bonds. The number of ether oxygens (including phenoxy) is 4. The Morgan fingerprint density at radius 1 is 0.833 bits per heavy atom. The Hall–Kier alpha value is -3.84. The number of carboxylic acids is 1. The number of hydrogen-bond donors (Lipinski definition) is 14. The van der Waals surface area contributed by atoms with Crippen LogP contribution in [0.25, 0.3) is 0 Å². The van der Waals surface area contributed by atoms with E-state index in [0.29, 0.717) is 10.1 Å². The van der Waals surface area contributed by atoms with Gasteiger partial charge >= 0.3 is 19.5 Å². The van der Waals surface area contributed by atoms with Crippen LogP contribution in [0.15, 0.2) is 45.2 Å². The van der Waals surface area contributed by atoms with Crippen molar-refractivity contribution in [3.05, 3.63) is 56.4 Å². The Morgan fingerprint density at radius 2 is 1.44 bits per heavy atom. The highest BCUT2D eigenvalue weighted by Gasteiger charge is 2.53. The number of unbranched alkanes of at least 4 members (excludes halogenated alkanes) is 4. The highest BCUT2D eigenvalue weighted by atomic mass is 31.2. The molecule has 27 nitrogen and oxygen atoms in total. The molecule has 3 aliphatic rings. The summed E-state index contributed by atoms with van der Waals surface area (Å²) < 4.78 is 46.6. The van der Waals surface area contributed by atoms with E-state index in [1.165, 1.54) is 31.8 Å². The van der Waals surface area contributed by atoms with Crippen LogP contribution in [0.2, 0.25) is 0 Å². The van der Waals surface area contributed by atoms with Crippen LogP contribution in [0.5, 0.6) is 0 Å². The van der Waals surface area contributed by atoms with Gasteiger partial charge in [0.25, 0.3) is 5.56 Å². The number of allylic oxidation sites excluding steroid dienone is 3. The molecule has 3 aliphatic heterocycles. The zero-order valence-corrected chi connectivity index (χ0v) is 41.2. The Morgan fingerprint density at radius 3 is 2.07 bits per heavy atom. The molecule has 0 bridgehead atoms. The first-order chi connectivity index (χ1) is 33.9. The van der Waals surface area contributed by atoms with Gasteiger partial charge in [-0.1, -0.05) is 64.0 Å². The lowest BCUT2D eigenvalue weighted by Crippen LogP contribution is -2.65. The Bertz CT molecular complexity index is 2160. The van der Waals surface area contributed by atoms with Gasteiger partial charge in [-0.05, 0) is 38.2 Å². The van der Waals surface area contributed by atoms with Crippen LogP contribution in [-0.4, -0.2) is 195 Å². The van der Waals surface area contributed by atoms with Crippen LogP contribution in [0.4, 0.5) is 0 Å². The third kappa shape index (κ3) is 17.1. The van der Waals surface area contributed by atoms with E-state index in [9.17, 15) is 84.5 Å². The van der Waals surface area contributed by atoms with E-state index >= 15 is 0 Å². The maximum absolute atomic E-state index is 13.8. The molecular formula is C44H71N4O23P. The maximum atomic E-state index is 13.8. The van der Waals surface area contributed by atoms with Crippen molar-refractivity contribution in [2.24, 2.45) is 5.92 Å². The number of carbonyl (C=O) groups is 3. The molecule has 18 atom stereocenters. The first-order valence-corrected chi connectivity index (χ1v) is 25.2. The van der Waals surface area contributed by atoms with Gasteiger partial charge in [0.1, 0.15) is 67.1 Å². The number of carboxylic acid groups (broad SMARTS) is 1. The normalized spacial score (nSPS) is 32.4. The number of hydrogen-bond acceptors (Lipinski definition) is 21. The summed E-state index contributed by atoms with van der Waals surface area (Å²) in [5, 5.41) is 110. The van der Waals surface area contributed by atoms with Gasteiger partial charge < -0.3 is 85.5 Å². The number of rotatable bonds is 27. The highest BCUT2D eigenvalue weighted by Crippen LogP contribution is 2.49. The molecule has 0 saturated carbocycles. The van der Waals surface area contributed by atoms with Crippen LogP contribution >= 0.6 is 7.82 Å². The molecule has 3 fully saturated rings. The topological polar surface area (TPSA) is 425 Å². The Labute approximate surface area is 413 Å². The van der Waals surface area contributed by atoms with Gasteiger partial charge in [-0.15, -0.1) is 0 Å². The average molecular weight is 1060 g/mol. The number of nitrogens with zero attached hydrogens (tertiary/aromatic N) is 1. The second-order valence-electron chi connectivity index (χ2n) is 18.3. The zero-order valence-electron chi connectivity index (χ0n) is 40.3. The lowest BCUT2D eigenvalue weighted by atomic mass is 9.97. The third-order valence-electron chi connectivity index (χ3n) is 12.6. The van der Waals surface area contributed by atoms with E-state index in [4.69, 9.17) is 28.0 Å². The number of amides is 2. The van der Waals surface area contributed by atoms with E-state index in [1.54, 1.807) is 6.92 Å². The minimum Gasteiger partial charge on any atom is -0.479 e. The molecular weight excluding hydrogens is 983 g/mol. The number of carbonyl (C=O) groups excluding carboxylic acids is 2. The molecule has 4 unspecified atom stereocenters. The zero-order chi connectivity index (χ0) is 53.6. The van der Waals surface area contributed by atoms with Crippen molar-refractivity contribution in [3.63, 3.8) is 0 Å². The summed E-state index contributed by atoms with van der Waals surface area (Å²) in [5.41, 5.74) is -0.322. The molecule has 3 saturated heterocycles. The number of aliphatic hydroxyl groups excluding tert-OH is 9. The van der Waals surface area contributed by atoms with Gasteiger partial charge in [0.05, 0.1) is 25.9 Å².